The number of ether oxygens (including phenoxy) is 5. The highest BCUT2D eigenvalue weighted by Gasteiger charge is 2.52. The number of esters is 4. The van der Waals surface area contributed by atoms with Gasteiger partial charge in [0.25, 0.3) is 0 Å². The minimum atomic E-state index is -1.44. The van der Waals surface area contributed by atoms with Crippen molar-refractivity contribution in [2.24, 2.45) is 0 Å². The molecule has 1 rings (SSSR count). The number of carbonyl (C=O) groups excluding carboxylic acids is 5. The summed E-state index contributed by atoms with van der Waals surface area (Å²) in [5.41, 5.74) is 8.49. The Morgan fingerprint density at radius 1 is 0.897 bits per heavy atom. The van der Waals surface area contributed by atoms with E-state index in [1.54, 1.807) is 0 Å². The molecule has 13 nitrogen and oxygen atoms in total. The largest absolute Gasteiger partial charge is 0.463 e. The van der Waals surface area contributed by atoms with Crippen LogP contribution >= 0.6 is 0 Å². The first-order valence-electron chi connectivity index (χ1n) is 8.33. The normalized spacial score (nSPS) is 25.6. The molecule has 1 saturated heterocycles. The smallest absolute Gasteiger partial charge is 0.344 e. The molecule has 13 heteroatoms. The quantitative estimate of drug-likeness (QED) is 0.169. The van der Waals surface area contributed by atoms with Gasteiger partial charge in [0.05, 0.1) is 0 Å². The Kier molecular flexibility index (Phi) is 8.90. The van der Waals surface area contributed by atoms with Crippen LogP contribution in [-0.2, 0) is 47.7 Å². The van der Waals surface area contributed by atoms with Crippen molar-refractivity contribution in [2.45, 2.75) is 58.3 Å². The second-order valence-electron chi connectivity index (χ2n) is 5.87. The lowest BCUT2D eigenvalue weighted by Crippen LogP contribution is -2.66. The standard InChI is InChI=1S/C16H21N3O10/c1-7(20)25-6-11-13(26-8(2)21)14(27-9(3)22)15(28-10(4)23)16(29-11)19-12(24)5-18-17/h5,11,13-16H,6H2,1-4H3,(H,19,24)/t11?,13-,14+,15?,16-/m1/s1. The highest BCUT2D eigenvalue weighted by molar-refractivity contribution is 6.23. The third-order valence-electron chi connectivity index (χ3n) is 3.45. The Morgan fingerprint density at radius 2 is 1.41 bits per heavy atom. The summed E-state index contributed by atoms with van der Waals surface area (Å²) in [6, 6.07) is 0. The summed E-state index contributed by atoms with van der Waals surface area (Å²) in [7, 11) is 0. The predicted octanol–water partition coefficient (Wildman–Crippen LogP) is -1.51. The minimum Gasteiger partial charge on any atom is -0.463 e. The molecule has 0 aromatic rings. The van der Waals surface area contributed by atoms with E-state index in [9.17, 15) is 24.0 Å². The predicted molar refractivity (Wildman–Crippen MR) is 89.8 cm³/mol. The fraction of sp³-hybridized carbons (Fsp3) is 0.625. The number of hydrogen-bond acceptors (Lipinski definition) is 10. The second-order valence-corrected chi connectivity index (χ2v) is 5.87. The molecule has 1 aliphatic heterocycles. The number of carbonyl (C=O) groups is 5. The summed E-state index contributed by atoms with van der Waals surface area (Å²) < 4.78 is 25.9. The summed E-state index contributed by atoms with van der Waals surface area (Å²) in [5.74, 6) is -4.01. The molecule has 0 bridgehead atoms. The zero-order valence-electron chi connectivity index (χ0n) is 16.1. The number of amides is 1. The van der Waals surface area contributed by atoms with Crippen LogP contribution in [0, 0.1) is 0 Å². The summed E-state index contributed by atoms with van der Waals surface area (Å²) in [6.45, 7) is 3.91. The van der Waals surface area contributed by atoms with E-state index in [0.717, 1.165) is 27.7 Å². The molecule has 0 spiro atoms. The van der Waals surface area contributed by atoms with Gasteiger partial charge in [0.15, 0.2) is 24.5 Å². The van der Waals surface area contributed by atoms with E-state index >= 15 is 0 Å². The molecule has 1 fully saturated rings. The van der Waals surface area contributed by atoms with Crippen molar-refractivity contribution in [1.82, 2.24) is 5.32 Å². The molecule has 1 N–H and O–H groups in total. The van der Waals surface area contributed by atoms with Gasteiger partial charge in [-0.1, -0.05) is 0 Å². The van der Waals surface area contributed by atoms with Gasteiger partial charge in [-0.05, 0) is 0 Å². The maximum absolute atomic E-state index is 11.8. The molecular formula is C16H21N3O10. The van der Waals surface area contributed by atoms with Gasteiger partial charge in [-0.15, -0.1) is 0 Å². The van der Waals surface area contributed by atoms with Crippen LogP contribution in [0.5, 0.6) is 0 Å². The third-order valence-corrected chi connectivity index (χ3v) is 3.45. The van der Waals surface area contributed by atoms with Gasteiger partial charge in [-0.2, -0.15) is 4.79 Å². The molecule has 0 aromatic heterocycles. The molecule has 1 aliphatic rings. The molecule has 0 aromatic carbocycles. The molecule has 5 atom stereocenters. The highest BCUT2D eigenvalue weighted by atomic mass is 16.7. The van der Waals surface area contributed by atoms with Crippen LogP contribution in [0.3, 0.4) is 0 Å². The molecule has 29 heavy (non-hydrogen) atoms. The second kappa shape index (κ2) is 10.9. The van der Waals surface area contributed by atoms with Gasteiger partial charge in [-0.3, -0.25) is 24.0 Å². The van der Waals surface area contributed by atoms with Crippen molar-refractivity contribution in [3.05, 3.63) is 5.53 Å². The van der Waals surface area contributed by atoms with E-state index in [2.05, 4.69) is 10.1 Å². The number of hydrogen-bond donors (Lipinski definition) is 1. The first-order chi connectivity index (χ1) is 13.5. The molecule has 1 heterocycles. The van der Waals surface area contributed by atoms with E-state index in [1.165, 1.54) is 0 Å². The van der Waals surface area contributed by atoms with Crippen LogP contribution in [-0.4, -0.2) is 78.0 Å². The van der Waals surface area contributed by atoms with Gasteiger partial charge < -0.3 is 34.5 Å². The monoisotopic (exact) mass is 415 g/mol. The zero-order valence-corrected chi connectivity index (χ0v) is 16.1. The third kappa shape index (κ3) is 7.68. The summed E-state index contributed by atoms with van der Waals surface area (Å²) in [6.07, 6.45) is -6.30. The van der Waals surface area contributed by atoms with E-state index in [0.29, 0.717) is 6.21 Å². The van der Waals surface area contributed by atoms with Crippen molar-refractivity contribution in [3.63, 3.8) is 0 Å². The van der Waals surface area contributed by atoms with Crippen molar-refractivity contribution in [1.29, 1.82) is 0 Å². The molecule has 1 amide bonds. The average molecular weight is 415 g/mol. The maximum atomic E-state index is 11.8. The Labute approximate surface area is 165 Å². The summed E-state index contributed by atoms with van der Waals surface area (Å²) in [4.78, 5) is 60.2. The number of rotatable bonds is 7. The van der Waals surface area contributed by atoms with E-state index < -0.39 is 67.0 Å². The van der Waals surface area contributed by atoms with Crippen LogP contribution in [0.15, 0.2) is 0 Å². The van der Waals surface area contributed by atoms with Gasteiger partial charge in [-0.25, -0.2) is 0 Å². The Balaban J connectivity index is 3.35. The maximum Gasteiger partial charge on any atom is 0.344 e. The molecule has 2 unspecified atom stereocenters. The molecular weight excluding hydrogens is 394 g/mol. The first-order valence-corrected chi connectivity index (χ1v) is 8.33. The Bertz CT molecular complexity index is 718. The van der Waals surface area contributed by atoms with E-state index in [4.69, 9.17) is 29.2 Å². The lowest BCUT2D eigenvalue weighted by Gasteiger charge is -2.44. The number of nitrogens with one attached hydrogen (secondary N) is 1. The molecule has 160 valence electrons. The lowest BCUT2D eigenvalue weighted by atomic mass is 9.97. The summed E-state index contributed by atoms with van der Waals surface area (Å²) in [5, 5.41) is 2.25. The average Bonchev–Trinajstić information content (AvgIpc) is 2.57. The summed E-state index contributed by atoms with van der Waals surface area (Å²) >= 11 is 0. The van der Waals surface area contributed by atoms with Gasteiger partial charge >= 0.3 is 36.0 Å². The Hall–Kier alpha value is -3.31. The molecule has 0 saturated carbocycles. The van der Waals surface area contributed by atoms with Gasteiger partial charge in [0, 0.05) is 27.7 Å². The van der Waals surface area contributed by atoms with Crippen LogP contribution in [0.25, 0.3) is 5.53 Å². The lowest BCUT2D eigenvalue weighted by molar-refractivity contribution is -0.256. The van der Waals surface area contributed by atoms with E-state index in [-0.39, 0.29) is 0 Å². The van der Waals surface area contributed by atoms with Crippen molar-refractivity contribution >= 4 is 36.0 Å². The fourth-order valence-electron chi connectivity index (χ4n) is 2.57. The minimum absolute atomic E-state index is 0.432. The molecule has 0 radical (unpaired) electrons. The van der Waals surface area contributed by atoms with Crippen LogP contribution in [0.1, 0.15) is 27.7 Å². The SMILES string of the molecule is CC(=O)OCC1O[C@@H](NC(=O)C=[N+]=[N-])C(OC(C)=O)[C@@H](OC(C)=O)[C@@H]1OC(C)=O. The van der Waals surface area contributed by atoms with Crippen LogP contribution < -0.4 is 5.32 Å². The van der Waals surface area contributed by atoms with Crippen molar-refractivity contribution in [2.75, 3.05) is 6.61 Å². The van der Waals surface area contributed by atoms with Gasteiger partial charge in [0.2, 0.25) is 0 Å². The first kappa shape index (κ1) is 23.7. The number of nitrogens with zero attached hydrogens (tertiary/aromatic N) is 2. The Morgan fingerprint density at radius 3 is 1.90 bits per heavy atom. The van der Waals surface area contributed by atoms with E-state index in [1.807, 2.05) is 0 Å². The fourth-order valence-corrected chi connectivity index (χ4v) is 2.57. The van der Waals surface area contributed by atoms with Crippen LogP contribution in [0.4, 0.5) is 0 Å². The molecule has 0 aliphatic carbocycles. The zero-order chi connectivity index (χ0) is 22.1. The van der Waals surface area contributed by atoms with Crippen molar-refractivity contribution in [3.8, 4) is 0 Å². The van der Waals surface area contributed by atoms with Crippen molar-refractivity contribution < 1.29 is 52.4 Å². The van der Waals surface area contributed by atoms with Crippen LogP contribution in [0.2, 0.25) is 0 Å². The van der Waals surface area contributed by atoms with Gasteiger partial charge in [0.1, 0.15) is 12.7 Å². The highest BCUT2D eigenvalue weighted by Crippen LogP contribution is 2.28. The topological polar surface area (TPSA) is 180 Å².